The first kappa shape index (κ1) is 14.6. The topological polar surface area (TPSA) is 9.23 Å². The van der Waals surface area contributed by atoms with Gasteiger partial charge in [-0.2, -0.15) is 0 Å². The van der Waals surface area contributed by atoms with Crippen molar-refractivity contribution in [3.63, 3.8) is 0 Å². The lowest BCUT2D eigenvalue weighted by molar-refractivity contribution is 0.173. The minimum atomic E-state index is -0.322. The van der Waals surface area contributed by atoms with Gasteiger partial charge in [0.05, 0.1) is 0 Å². The van der Waals surface area contributed by atoms with Crippen molar-refractivity contribution in [3.05, 3.63) is 66.3 Å². The van der Waals surface area contributed by atoms with E-state index in [-0.39, 0.29) is 5.60 Å². The zero-order chi connectivity index (χ0) is 14.3. The van der Waals surface area contributed by atoms with Crippen LogP contribution in [0, 0.1) is 0 Å². The average Bonchev–Trinajstić information content (AvgIpc) is 2.49. The third-order valence-corrected chi connectivity index (χ3v) is 3.56. The fourth-order valence-corrected chi connectivity index (χ4v) is 2.31. The fourth-order valence-electron chi connectivity index (χ4n) is 2.31. The average molecular weight is 268 g/mol. The molecule has 0 spiro atoms. The van der Waals surface area contributed by atoms with Crippen LogP contribution in [0.15, 0.2) is 60.7 Å². The van der Waals surface area contributed by atoms with Gasteiger partial charge in [-0.3, -0.25) is 0 Å². The maximum Gasteiger partial charge on any atom is 0.149 e. The predicted octanol–water partition coefficient (Wildman–Crippen LogP) is 5.24. The van der Waals surface area contributed by atoms with Gasteiger partial charge in [-0.05, 0) is 42.7 Å². The molecule has 2 rings (SSSR count). The molecule has 0 amide bonds. The number of allylic oxidation sites excluding steroid dienone is 3. The van der Waals surface area contributed by atoms with Crippen LogP contribution in [0.4, 0.5) is 0 Å². The van der Waals surface area contributed by atoms with Gasteiger partial charge in [0.25, 0.3) is 0 Å². The summed E-state index contributed by atoms with van der Waals surface area (Å²) >= 11 is 0. The number of unbranched alkanes of at least 4 members (excludes halogenated alkanes) is 1. The lowest BCUT2D eigenvalue weighted by Gasteiger charge is -2.29. The monoisotopic (exact) mass is 268 g/mol. The van der Waals surface area contributed by atoms with Gasteiger partial charge in [0.15, 0.2) is 0 Å². The Morgan fingerprint density at radius 3 is 2.55 bits per heavy atom. The van der Waals surface area contributed by atoms with Crippen molar-refractivity contribution in [2.24, 2.45) is 0 Å². The van der Waals surface area contributed by atoms with Gasteiger partial charge < -0.3 is 4.74 Å². The summed E-state index contributed by atoms with van der Waals surface area (Å²) < 4.78 is 6.26. The Hall–Kier alpha value is -1.76. The van der Waals surface area contributed by atoms with E-state index in [1.165, 1.54) is 5.56 Å². The highest BCUT2D eigenvalue weighted by Crippen LogP contribution is 2.28. The molecule has 0 fully saturated rings. The van der Waals surface area contributed by atoms with E-state index < -0.39 is 0 Å². The molecule has 1 atom stereocenters. The summed E-state index contributed by atoms with van der Waals surface area (Å²) in [6.07, 6.45) is 17.1. The molecule has 106 valence electrons. The molecule has 0 bridgehead atoms. The summed E-state index contributed by atoms with van der Waals surface area (Å²) in [6, 6.07) is 8.42. The van der Waals surface area contributed by atoms with Crippen molar-refractivity contribution in [2.45, 2.75) is 45.1 Å². The van der Waals surface area contributed by atoms with Crippen molar-refractivity contribution in [1.82, 2.24) is 0 Å². The third-order valence-electron chi connectivity index (χ3n) is 3.56. The van der Waals surface area contributed by atoms with Gasteiger partial charge in [0.1, 0.15) is 11.4 Å². The van der Waals surface area contributed by atoms with E-state index in [4.69, 9.17) is 4.74 Å². The van der Waals surface area contributed by atoms with Gasteiger partial charge in [0, 0.05) is 6.42 Å². The second-order valence-electron chi connectivity index (χ2n) is 5.24. The Kier molecular flexibility index (Phi) is 5.23. The van der Waals surface area contributed by atoms with Crippen LogP contribution in [0.5, 0.6) is 5.75 Å². The van der Waals surface area contributed by atoms with Crippen LogP contribution in [-0.2, 0) is 6.42 Å². The van der Waals surface area contributed by atoms with Crippen LogP contribution in [-0.4, -0.2) is 5.60 Å². The van der Waals surface area contributed by atoms with Crippen LogP contribution in [0.25, 0.3) is 0 Å². The third kappa shape index (κ3) is 3.86. The van der Waals surface area contributed by atoms with Crippen molar-refractivity contribution >= 4 is 0 Å². The van der Waals surface area contributed by atoms with E-state index in [0.717, 1.165) is 31.4 Å². The number of ether oxygens (including phenoxy) is 1. The zero-order valence-electron chi connectivity index (χ0n) is 12.5. The molecular formula is C19H24O. The van der Waals surface area contributed by atoms with Crippen LogP contribution < -0.4 is 4.74 Å². The number of benzene rings is 1. The van der Waals surface area contributed by atoms with Crippen molar-refractivity contribution in [3.8, 4) is 5.75 Å². The minimum Gasteiger partial charge on any atom is -0.479 e. The number of hydrogen-bond acceptors (Lipinski definition) is 1. The van der Waals surface area contributed by atoms with Crippen molar-refractivity contribution < 1.29 is 4.74 Å². The molecule has 1 aromatic carbocycles. The number of aryl methyl sites for hydroxylation is 1. The summed E-state index contributed by atoms with van der Waals surface area (Å²) in [4.78, 5) is 0. The van der Waals surface area contributed by atoms with Gasteiger partial charge in [0.2, 0.25) is 0 Å². The molecule has 0 N–H and O–H groups in total. The molecular weight excluding hydrogens is 244 g/mol. The van der Waals surface area contributed by atoms with E-state index in [1.807, 2.05) is 0 Å². The molecule has 0 saturated heterocycles. The highest BCUT2D eigenvalue weighted by molar-refractivity contribution is 5.32. The quantitative estimate of drug-likeness (QED) is 0.641. The van der Waals surface area contributed by atoms with Gasteiger partial charge in [-0.15, -0.1) is 0 Å². The molecule has 0 aromatic heterocycles. The molecule has 0 aliphatic heterocycles. The Balaban J connectivity index is 2.14. The second-order valence-corrected chi connectivity index (χ2v) is 5.24. The standard InChI is InChI=1S/C19H24O/c1-3-5-7-14-19(15-8-6-9-16-19)20-18-12-10-17(4-2)11-13-18/h6-15H,3-5,16H2,1-2H3/b14-7+. The van der Waals surface area contributed by atoms with E-state index in [0.29, 0.717) is 0 Å². The van der Waals surface area contributed by atoms with Crippen LogP contribution in [0.3, 0.4) is 0 Å². The van der Waals surface area contributed by atoms with E-state index in [9.17, 15) is 0 Å². The highest BCUT2D eigenvalue weighted by Gasteiger charge is 2.25. The molecule has 1 aliphatic carbocycles. The first-order valence-corrected chi connectivity index (χ1v) is 7.58. The number of rotatable bonds is 6. The lowest BCUT2D eigenvalue weighted by atomic mass is 9.94. The van der Waals surface area contributed by atoms with E-state index >= 15 is 0 Å². The molecule has 20 heavy (non-hydrogen) atoms. The van der Waals surface area contributed by atoms with Gasteiger partial charge >= 0.3 is 0 Å². The summed E-state index contributed by atoms with van der Waals surface area (Å²) in [5.74, 6) is 0.934. The van der Waals surface area contributed by atoms with E-state index in [2.05, 4.69) is 74.6 Å². The van der Waals surface area contributed by atoms with Crippen LogP contribution in [0.2, 0.25) is 0 Å². The predicted molar refractivity (Wildman–Crippen MR) is 86.1 cm³/mol. The fraction of sp³-hybridized carbons (Fsp3) is 0.368. The lowest BCUT2D eigenvalue weighted by Crippen LogP contribution is -2.31. The van der Waals surface area contributed by atoms with Crippen LogP contribution >= 0.6 is 0 Å². The minimum absolute atomic E-state index is 0.322. The molecule has 1 unspecified atom stereocenters. The summed E-state index contributed by atoms with van der Waals surface area (Å²) in [6.45, 7) is 4.36. The van der Waals surface area contributed by atoms with Crippen LogP contribution in [0.1, 0.15) is 38.7 Å². The summed E-state index contributed by atoms with van der Waals surface area (Å²) in [7, 11) is 0. The molecule has 0 saturated carbocycles. The molecule has 1 nitrogen and oxygen atoms in total. The first-order chi connectivity index (χ1) is 9.78. The normalized spacial score (nSPS) is 21.5. The van der Waals surface area contributed by atoms with Crippen molar-refractivity contribution in [1.29, 1.82) is 0 Å². The van der Waals surface area contributed by atoms with E-state index in [1.54, 1.807) is 0 Å². The maximum absolute atomic E-state index is 6.26. The largest absolute Gasteiger partial charge is 0.479 e. The van der Waals surface area contributed by atoms with Crippen molar-refractivity contribution in [2.75, 3.05) is 0 Å². The van der Waals surface area contributed by atoms with Gasteiger partial charge in [-0.1, -0.05) is 56.7 Å². The SMILES string of the molecule is CCC/C=C/C1(Oc2ccc(CC)cc2)C=CC=CC1. The Labute approximate surface area is 122 Å². The molecule has 0 heterocycles. The molecule has 0 radical (unpaired) electrons. The first-order valence-electron chi connectivity index (χ1n) is 7.58. The summed E-state index contributed by atoms with van der Waals surface area (Å²) in [5.41, 5.74) is 1.02. The zero-order valence-corrected chi connectivity index (χ0v) is 12.5. The second kappa shape index (κ2) is 7.14. The smallest absolute Gasteiger partial charge is 0.149 e. The Bertz CT molecular complexity index is 493. The number of hydrogen-bond donors (Lipinski definition) is 0. The molecule has 1 aromatic rings. The molecule has 1 heteroatoms. The highest BCUT2D eigenvalue weighted by atomic mass is 16.5. The Morgan fingerprint density at radius 2 is 1.95 bits per heavy atom. The van der Waals surface area contributed by atoms with Gasteiger partial charge in [-0.25, -0.2) is 0 Å². The molecule has 1 aliphatic rings. The summed E-state index contributed by atoms with van der Waals surface area (Å²) in [5, 5.41) is 0. The maximum atomic E-state index is 6.26. The Morgan fingerprint density at radius 1 is 1.15 bits per heavy atom.